The molecule has 3 atom stereocenters. The maximum absolute atomic E-state index is 4.45. The predicted molar refractivity (Wildman–Crippen MR) is 71.4 cm³/mol. The van der Waals surface area contributed by atoms with Crippen molar-refractivity contribution in [3.05, 3.63) is 18.3 Å². The summed E-state index contributed by atoms with van der Waals surface area (Å²) in [5.74, 6) is 2.93. The standard InChI is InChI=1S/C14H21N3/c1-17(2)14-12(4-3-7-15-14)16-13-9-10-5-6-11(13)8-10/h3-4,7,10-11,13,16H,5-6,8-9H2,1-2H3. The van der Waals surface area contributed by atoms with Crippen molar-refractivity contribution in [1.29, 1.82) is 0 Å². The number of hydrogen-bond donors (Lipinski definition) is 1. The van der Waals surface area contributed by atoms with Gasteiger partial charge in [0.1, 0.15) is 0 Å². The molecule has 17 heavy (non-hydrogen) atoms. The molecule has 3 heteroatoms. The Balaban J connectivity index is 1.77. The van der Waals surface area contributed by atoms with Gasteiger partial charge in [-0.25, -0.2) is 4.98 Å². The van der Waals surface area contributed by atoms with Gasteiger partial charge in [-0.3, -0.25) is 0 Å². The van der Waals surface area contributed by atoms with Crippen LogP contribution in [0.5, 0.6) is 0 Å². The Hall–Kier alpha value is -1.25. The van der Waals surface area contributed by atoms with E-state index in [1.807, 2.05) is 26.4 Å². The molecule has 1 heterocycles. The molecule has 0 amide bonds. The van der Waals surface area contributed by atoms with Crippen molar-refractivity contribution in [3.63, 3.8) is 0 Å². The summed E-state index contributed by atoms with van der Waals surface area (Å²) in [6.07, 6.45) is 7.53. The summed E-state index contributed by atoms with van der Waals surface area (Å²) in [5.41, 5.74) is 1.19. The largest absolute Gasteiger partial charge is 0.379 e. The molecule has 92 valence electrons. The minimum absolute atomic E-state index is 0.677. The molecule has 1 aromatic rings. The van der Waals surface area contributed by atoms with Gasteiger partial charge in [-0.2, -0.15) is 0 Å². The number of aromatic nitrogens is 1. The van der Waals surface area contributed by atoms with Gasteiger partial charge in [-0.15, -0.1) is 0 Å². The smallest absolute Gasteiger partial charge is 0.151 e. The lowest BCUT2D eigenvalue weighted by molar-refractivity contribution is 0.440. The van der Waals surface area contributed by atoms with Gasteiger partial charge in [0.2, 0.25) is 0 Å². The van der Waals surface area contributed by atoms with Crippen LogP contribution in [0.4, 0.5) is 11.5 Å². The minimum atomic E-state index is 0.677. The van der Waals surface area contributed by atoms with Crippen LogP contribution in [0.2, 0.25) is 0 Å². The number of hydrogen-bond acceptors (Lipinski definition) is 3. The van der Waals surface area contributed by atoms with Crippen molar-refractivity contribution in [2.45, 2.75) is 31.7 Å². The first-order valence-corrected chi connectivity index (χ1v) is 6.63. The molecular weight excluding hydrogens is 210 g/mol. The van der Waals surface area contributed by atoms with Crippen molar-refractivity contribution < 1.29 is 0 Å². The van der Waals surface area contributed by atoms with Crippen LogP contribution in [0.1, 0.15) is 25.7 Å². The molecule has 3 unspecified atom stereocenters. The van der Waals surface area contributed by atoms with Gasteiger partial charge in [0.05, 0.1) is 5.69 Å². The van der Waals surface area contributed by atoms with Crippen LogP contribution < -0.4 is 10.2 Å². The highest BCUT2D eigenvalue weighted by molar-refractivity contribution is 5.65. The Kier molecular flexibility index (Phi) is 2.69. The first-order chi connectivity index (χ1) is 8.24. The normalized spacial score (nSPS) is 30.6. The van der Waals surface area contributed by atoms with E-state index in [0.29, 0.717) is 6.04 Å². The molecule has 2 aliphatic rings. The van der Waals surface area contributed by atoms with E-state index in [2.05, 4.69) is 21.3 Å². The zero-order chi connectivity index (χ0) is 11.8. The van der Waals surface area contributed by atoms with Gasteiger partial charge in [0, 0.05) is 26.3 Å². The zero-order valence-corrected chi connectivity index (χ0v) is 10.7. The van der Waals surface area contributed by atoms with Crippen molar-refractivity contribution in [2.75, 3.05) is 24.3 Å². The molecule has 2 fully saturated rings. The average Bonchev–Trinajstić information content (AvgIpc) is 2.91. The summed E-state index contributed by atoms with van der Waals surface area (Å²) < 4.78 is 0. The number of anilines is 2. The number of pyridine rings is 1. The average molecular weight is 231 g/mol. The van der Waals surface area contributed by atoms with E-state index >= 15 is 0 Å². The Labute approximate surface area is 103 Å². The second-order valence-electron chi connectivity index (χ2n) is 5.69. The van der Waals surface area contributed by atoms with Crippen LogP contribution in [0.15, 0.2) is 18.3 Å². The van der Waals surface area contributed by atoms with Crippen molar-refractivity contribution >= 4 is 11.5 Å². The topological polar surface area (TPSA) is 28.2 Å². The summed E-state index contributed by atoms with van der Waals surface area (Å²) >= 11 is 0. The predicted octanol–water partition coefficient (Wildman–Crippen LogP) is 2.75. The van der Waals surface area contributed by atoms with E-state index in [0.717, 1.165) is 17.7 Å². The first-order valence-electron chi connectivity index (χ1n) is 6.63. The molecule has 1 N–H and O–H groups in total. The van der Waals surface area contributed by atoms with Gasteiger partial charge >= 0.3 is 0 Å². The van der Waals surface area contributed by atoms with Crippen LogP contribution in [-0.4, -0.2) is 25.1 Å². The highest BCUT2D eigenvalue weighted by Gasteiger charge is 2.39. The lowest BCUT2D eigenvalue weighted by atomic mass is 9.95. The molecular formula is C14H21N3. The second-order valence-corrected chi connectivity index (χ2v) is 5.69. The van der Waals surface area contributed by atoms with Gasteiger partial charge in [-0.05, 0) is 43.2 Å². The van der Waals surface area contributed by atoms with Crippen LogP contribution in [0.25, 0.3) is 0 Å². The molecule has 1 aromatic heterocycles. The SMILES string of the molecule is CN(C)c1ncccc1NC1CC2CCC1C2. The molecule has 3 rings (SSSR count). The van der Waals surface area contributed by atoms with Crippen LogP contribution in [-0.2, 0) is 0 Å². The molecule has 0 radical (unpaired) electrons. The van der Waals surface area contributed by atoms with Crippen LogP contribution >= 0.6 is 0 Å². The van der Waals surface area contributed by atoms with Gasteiger partial charge in [0.25, 0.3) is 0 Å². The highest BCUT2D eigenvalue weighted by Crippen LogP contribution is 2.45. The van der Waals surface area contributed by atoms with Crippen molar-refractivity contribution in [3.8, 4) is 0 Å². The molecule has 0 spiro atoms. The second kappa shape index (κ2) is 4.21. The fraction of sp³-hybridized carbons (Fsp3) is 0.643. The molecule has 2 saturated carbocycles. The molecule has 0 saturated heterocycles. The molecule has 3 nitrogen and oxygen atoms in total. The Bertz CT molecular complexity index is 402. The summed E-state index contributed by atoms with van der Waals surface area (Å²) in [6, 6.07) is 4.84. The molecule has 2 bridgehead atoms. The third-order valence-corrected chi connectivity index (χ3v) is 4.29. The number of rotatable bonds is 3. The fourth-order valence-electron chi connectivity index (χ4n) is 3.49. The number of fused-ring (bicyclic) bond motifs is 2. The lowest BCUT2D eigenvalue weighted by Gasteiger charge is -2.26. The summed E-state index contributed by atoms with van der Waals surface area (Å²) in [4.78, 5) is 6.52. The van der Waals surface area contributed by atoms with E-state index in [4.69, 9.17) is 0 Å². The maximum atomic E-state index is 4.45. The molecule has 0 aromatic carbocycles. The van der Waals surface area contributed by atoms with E-state index in [9.17, 15) is 0 Å². The number of nitrogens with one attached hydrogen (secondary N) is 1. The van der Waals surface area contributed by atoms with Gasteiger partial charge in [-0.1, -0.05) is 6.42 Å². The third-order valence-electron chi connectivity index (χ3n) is 4.29. The Morgan fingerprint density at radius 1 is 1.29 bits per heavy atom. The molecule has 0 aliphatic heterocycles. The highest BCUT2D eigenvalue weighted by atomic mass is 15.2. The Morgan fingerprint density at radius 3 is 2.82 bits per heavy atom. The number of nitrogens with zero attached hydrogens (tertiary/aromatic N) is 2. The van der Waals surface area contributed by atoms with Crippen molar-refractivity contribution in [2.24, 2.45) is 11.8 Å². The zero-order valence-electron chi connectivity index (χ0n) is 10.7. The van der Waals surface area contributed by atoms with E-state index < -0.39 is 0 Å². The summed E-state index contributed by atoms with van der Waals surface area (Å²) in [6.45, 7) is 0. The van der Waals surface area contributed by atoms with Gasteiger partial charge in [0.15, 0.2) is 5.82 Å². The summed E-state index contributed by atoms with van der Waals surface area (Å²) in [5, 5.41) is 3.72. The fourth-order valence-corrected chi connectivity index (χ4v) is 3.49. The Morgan fingerprint density at radius 2 is 2.18 bits per heavy atom. The first kappa shape index (κ1) is 10.9. The van der Waals surface area contributed by atoms with Crippen LogP contribution in [0, 0.1) is 11.8 Å². The van der Waals surface area contributed by atoms with Crippen molar-refractivity contribution in [1.82, 2.24) is 4.98 Å². The molecule has 2 aliphatic carbocycles. The quantitative estimate of drug-likeness (QED) is 0.867. The van der Waals surface area contributed by atoms with Gasteiger partial charge < -0.3 is 10.2 Å². The van der Waals surface area contributed by atoms with Crippen LogP contribution in [0.3, 0.4) is 0 Å². The summed E-state index contributed by atoms with van der Waals surface area (Å²) in [7, 11) is 4.10. The van der Waals surface area contributed by atoms with E-state index in [1.54, 1.807) is 0 Å². The lowest BCUT2D eigenvalue weighted by Crippen LogP contribution is -2.27. The monoisotopic (exact) mass is 231 g/mol. The van der Waals surface area contributed by atoms with E-state index in [1.165, 1.54) is 31.4 Å². The minimum Gasteiger partial charge on any atom is -0.379 e. The third kappa shape index (κ3) is 1.99. The van der Waals surface area contributed by atoms with E-state index in [-0.39, 0.29) is 0 Å². The maximum Gasteiger partial charge on any atom is 0.151 e.